The minimum absolute atomic E-state index is 0.0296. The first-order valence-electron chi connectivity index (χ1n) is 19.5. The van der Waals surface area contributed by atoms with Crippen molar-refractivity contribution in [3.63, 3.8) is 0 Å². The lowest BCUT2D eigenvalue weighted by molar-refractivity contribution is -0.174. The van der Waals surface area contributed by atoms with E-state index in [-0.39, 0.29) is 54.6 Å². The topological polar surface area (TPSA) is 133 Å². The largest absolute Gasteiger partial charge is 0.481 e. The summed E-state index contributed by atoms with van der Waals surface area (Å²) in [6.07, 6.45) is 5.95. The first-order valence-corrected chi connectivity index (χ1v) is 19.5. The van der Waals surface area contributed by atoms with Gasteiger partial charge in [-0.2, -0.15) is 0 Å². The molecule has 1 heterocycles. The highest BCUT2D eigenvalue weighted by atomic mass is 16.6. The van der Waals surface area contributed by atoms with Crippen molar-refractivity contribution in [2.24, 2.45) is 118 Å². The lowest BCUT2D eigenvalue weighted by Crippen LogP contribution is -2.53. The van der Waals surface area contributed by atoms with Gasteiger partial charge in [-0.3, -0.25) is 24.0 Å². The summed E-state index contributed by atoms with van der Waals surface area (Å²) >= 11 is 0. The second kappa shape index (κ2) is 10.6. The predicted octanol–water partition coefficient (Wildman–Crippen LogP) is 5.63. The van der Waals surface area contributed by atoms with E-state index in [9.17, 15) is 24.0 Å². The zero-order valence-corrected chi connectivity index (χ0v) is 29.8. The molecular formula is C40H54O9. The fourth-order valence-corrected chi connectivity index (χ4v) is 16.1. The Bertz CT molecular complexity index is 1500. The lowest BCUT2D eigenvalue weighted by Gasteiger charge is -2.54. The van der Waals surface area contributed by atoms with Gasteiger partial charge in [0.1, 0.15) is 12.2 Å². The number of carboxylic acids is 1. The van der Waals surface area contributed by atoms with Crippen molar-refractivity contribution < 1.29 is 43.3 Å². The first kappa shape index (κ1) is 32.5. The van der Waals surface area contributed by atoms with Crippen LogP contribution >= 0.6 is 0 Å². The molecule has 9 aliphatic rings. The molecule has 1 N–H and O–H groups in total. The van der Waals surface area contributed by atoms with E-state index in [0.29, 0.717) is 76.9 Å². The van der Waals surface area contributed by atoms with Crippen LogP contribution < -0.4 is 0 Å². The molecule has 1 saturated heterocycles. The number of carboxylic acid groups (broad SMARTS) is 1. The summed E-state index contributed by atoms with van der Waals surface area (Å²) in [5.74, 6) is 3.76. The van der Waals surface area contributed by atoms with Gasteiger partial charge >= 0.3 is 29.8 Å². The molecule has 0 aromatic heterocycles. The zero-order valence-electron chi connectivity index (χ0n) is 29.8. The van der Waals surface area contributed by atoms with Crippen LogP contribution in [0.3, 0.4) is 0 Å². The van der Waals surface area contributed by atoms with Gasteiger partial charge < -0.3 is 19.3 Å². The highest BCUT2D eigenvalue weighted by Gasteiger charge is 2.76. The van der Waals surface area contributed by atoms with E-state index in [0.717, 1.165) is 32.1 Å². The Hall–Kier alpha value is -2.45. The molecule has 49 heavy (non-hydrogen) atoms. The SMILES string of the molecule is CC1C(=O)OC(=O)C1C1C2CC(C3C4CC(C(=O)OCCC(=O)O)C(C4)C23)C1C1C(C)C2CC1C1C2C2CC1C(C)(C(=O)OC(C)(C)C)C2. The third-order valence-corrected chi connectivity index (χ3v) is 16.9. The summed E-state index contributed by atoms with van der Waals surface area (Å²) in [7, 11) is 0. The maximum atomic E-state index is 13.8. The van der Waals surface area contributed by atoms with Crippen LogP contribution in [-0.4, -0.2) is 47.2 Å². The molecule has 8 saturated carbocycles. The summed E-state index contributed by atoms with van der Waals surface area (Å²) in [5.41, 5.74) is -0.968. The van der Waals surface area contributed by atoms with Gasteiger partial charge in [0.05, 0.1) is 29.6 Å². The van der Waals surface area contributed by atoms with Gasteiger partial charge in [-0.1, -0.05) is 13.8 Å². The second-order valence-corrected chi connectivity index (χ2v) is 19.6. The van der Waals surface area contributed by atoms with Gasteiger partial charge in [0.15, 0.2) is 0 Å². The van der Waals surface area contributed by atoms with Crippen LogP contribution in [0.4, 0.5) is 0 Å². The molecule has 0 aromatic rings. The van der Waals surface area contributed by atoms with Crippen LogP contribution in [0.2, 0.25) is 0 Å². The Morgan fingerprint density at radius 2 is 1.47 bits per heavy atom. The number of aliphatic carboxylic acids is 1. The van der Waals surface area contributed by atoms with Crippen molar-refractivity contribution >= 4 is 29.8 Å². The van der Waals surface area contributed by atoms with E-state index in [4.69, 9.17) is 19.3 Å². The number of carbonyl (C=O) groups excluding carboxylic acids is 4. The number of cyclic esters (lactones) is 2. The van der Waals surface area contributed by atoms with Crippen molar-refractivity contribution in [3.8, 4) is 0 Å². The molecule has 20 unspecified atom stereocenters. The van der Waals surface area contributed by atoms with Crippen LogP contribution in [-0.2, 0) is 38.2 Å². The number of hydrogen-bond donors (Lipinski definition) is 1. The van der Waals surface area contributed by atoms with Crippen LogP contribution in [0.5, 0.6) is 0 Å². The highest BCUT2D eigenvalue weighted by molar-refractivity contribution is 5.96. The molecule has 9 nitrogen and oxygen atoms in total. The summed E-state index contributed by atoms with van der Waals surface area (Å²) in [5, 5.41) is 9.06. The van der Waals surface area contributed by atoms with E-state index in [1.807, 2.05) is 27.7 Å². The van der Waals surface area contributed by atoms with Gasteiger partial charge in [-0.25, -0.2) is 0 Å². The summed E-state index contributed by atoms with van der Waals surface area (Å²) in [4.78, 5) is 64.6. The molecule has 9 rings (SSSR count). The average Bonchev–Trinajstić information content (AvgIpc) is 3.86. The number of hydrogen-bond acceptors (Lipinski definition) is 8. The maximum absolute atomic E-state index is 13.8. The van der Waals surface area contributed by atoms with E-state index in [2.05, 4.69) is 13.8 Å². The number of fused-ring (bicyclic) bond motifs is 18. The minimum Gasteiger partial charge on any atom is -0.481 e. The normalized spacial score (nSPS) is 54.0. The molecule has 8 bridgehead atoms. The molecule has 8 aliphatic carbocycles. The summed E-state index contributed by atoms with van der Waals surface area (Å²) in [6.45, 7) is 12.3. The third kappa shape index (κ3) is 4.31. The lowest BCUT2D eigenvalue weighted by atomic mass is 9.50. The van der Waals surface area contributed by atoms with E-state index in [1.54, 1.807) is 0 Å². The Morgan fingerprint density at radius 1 is 0.796 bits per heavy atom. The van der Waals surface area contributed by atoms with Crippen LogP contribution in [0.15, 0.2) is 0 Å². The number of ether oxygens (including phenoxy) is 3. The Morgan fingerprint density at radius 3 is 2.14 bits per heavy atom. The number of rotatable bonds is 7. The van der Waals surface area contributed by atoms with Crippen molar-refractivity contribution in [1.82, 2.24) is 0 Å². The first-order chi connectivity index (χ1) is 23.1. The molecule has 0 radical (unpaired) electrons. The van der Waals surface area contributed by atoms with Gasteiger partial charge in [0.2, 0.25) is 0 Å². The van der Waals surface area contributed by atoms with Gasteiger partial charge in [-0.15, -0.1) is 0 Å². The van der Waals surface area contributed by atoms with Gasteiger partial charge in [0.25, 0.3) is 0 Å². The summed E-state index contributed by atoms with van der Waals surface area (Å²) < 4.78 is 16.9. The zero-order chi connectivity index (χ0) is 34.6. The molecule has 1 aliphatic heterocycles. The standard InChI is InChI=1S/C40H54O9/c1-15-19-12-22(32-25-11-18(30(19)32)14-40(25,6)38(46)49-39(3,4)5)27(15)33-23-13-24(34(33)28-16(2)35(43)48-37(28)45)31-20-9-17(29(23)31)10-21(20)36(44)47-8-7-26(41)42/h15-25,27-34H,7-14H2,1-6H3,(H,41,42). The van der Waals surface area contributed by atoms with Crippen molar-refractivity contribution in [3.05, 3.63) is 0 Å². The smallest absolute Gasteiger partial charge is 0.317 e. The fourth-order valence-electron chi connectivity index (χ4n) is 16.1. The highest BCUT2D eigenvalue weighted by Crippen LogP contribution is 2.80. The molecule has 0 spiro atoms. The molecule has 20 atom stereocenters. The minimum atomic E-state index is -0.976. The molecule has 9 fully saturated rings. The quantitative estimate of drug-likeness (QED) is 0.157. The second-order valence-electron chi connectivity index (χ2n) is 19.6. The average molecular weight is 679 g/mol. The molecular weight excluding hydrogens is 624 g/mol. The molecule has 0 amide bonds. The molecule has 268 valence electrons. The number of carbonyl (C=O) groups is 5. The predicted molar refractivity (Wildman–Crippen MR) is 174 cm³/mol. The monoisotopic (exact) mass is 678 g/mol. The molecule has 0 aromatic carbocycles. The van der Waals surface area contributed by atoms with E-state index >= 15 is 0 Å². The van der Waals surface area contributed by atoms with Gasteiger partial charge in [-0.05, 0) is 161 Å². The van der Waals surface area contributed by atoms with E-state index < -0.39 is 34.8 Å². The van der Waals surface area contributed by atoms with Gasteiger partial charge in [0, 0.05) is 0 Å². The molecule has 9 heteroatoms. The maximum Gasteiger partial charge on any atom is 0.317 e. The Kier molecular flexibility index (Phi) is 6.99. The van der Waals surface area contributed by atoms with Crippen molar-refractivity contribution in [2.75, 3.05) is 6.61 Å². The van der Waals surface area contributed by atoms with Crippen LogP contribution in [0.25, 0.3) is 0 Å². The van der Waals surface area contributed by atoms with Crippen LogP contribution in [0, 0.1) is 118 Å². The van der Waals surface area contributed by atoms with Crippen LogP contribution in [0.1, 0.15) is 86.5 Å². The Balaban J connectivity index is 1.03. The summed E-state index contributed by atoms with van der Waals surface area (Å²) in [6, 6.07) is 0. The Labute approximate surface area is 289 Å². The fraction of sp³-hybridized carbons (Fsp3) is 0.875. The number of esters is 4. The van der Waals surface area contributed by atoms with E-state index in [1.165, 1.54) is 6.42 Å². The van der Waals surface area contributed by atoms with Crippen molar-refractivity contribution in [2.45, 2.75) is 92.1 Å². The third-order valence-electron chi connectivity index (χ3n) is 16.9. The van der Waals surface area contributed by atoms with Crippen molar-refractivity contribution in [1.29, 1.82) is 0 Å².